The molecule has 0 aliphatic carbocycles. The van der Waals surface area contributed by atoms with E-state index in [0.717, 1.165) is 28.5 Å². The van der Waals surface area contributed by atoms with Crippen LogP contribution in [0.4, 0.5) is 5.69 Å². The molecule has 9 heteroatoms. The number of benzene rings is 3. The lowest BCUT2D eigenvalue weighted by molar-refractivity contribution is -0.385. The van der Waals surface area contributed by atoms with Crippen LogP contribution in [0.3, 0.4) is 0 Å². The highest BCUT2D eigenvalue weighted by atomic mass is 32.1. The van der Waals surface area contributed by atoms with E-state index in [9.17, 15) is 15.2 Å². The number of aromatic nitrogens is 3. The normalized spacial score (nSPS) is 11.3. The van der Waals surface area contributed by atoms with Gasteiger partial charge in [0, 0.05) is 18.6 Å². The van der Waals surface area contributed by atoms with Gasteiger partial charge in [0.1, 0.15) is 0 Å². The minimum Gasteiger partial charge on any atom is -0.872 e. The fourth-order valence-electron chi connectivity index (χ4n) is 3.05. The molecule has 144 valence electrons. The predicted molar refractivity (Wildman–Crippen MR) is 110 cm³/mol. The molecule has 0 radical (unpaired) electrons. The summed E-state index contributed by atoms with van der Waals surface area (Å²) in [5.74, 6) is 0.186. The van der Waals surface area contributed by atoms with E-state index in [0.29, 0.717) is 12.2 Å². The summed E-state index contributed by atoms with van der Waals surface area (Å²) in [5.41, 5.74) is 0.963. The number of hydrogen-bond acceptors (Lipinski definition) is 6. The van der Waals surface area contributed by atoms with Crippen molar-refractivity contribution in [2.75, 3.05) is 0 Å². The van der Waals surface area contributed by atoms with E-state index in [1.54, 1.807) is 0 Å². The van der Waals surface area contributed by atoms with Crippen LogP contribution >= 0.6 is 12.2 Å². The van der Waals surface area contributed by atoms with Gasteiger partial charge in [-0.3, -0.25) is 15.2 Å². The molecule has 0 unspecified atom stereocenters. The van der Waals surface area contributed by atoms with E-state index in [1.165, 1.54) is 17.0 Å². The molecule has 0 amide bonds. The molecule has 3 aromatic carbocycles. The molecular formula is C20H14N5O3S-. The summed E-state index contributed by atoms with van der Waals surface area (Å²) in [6.07, 6.45) is 1.72. The van der Waals surface area contributed by atoms with Gasteiger partial charge in [-0.15, -0.1) is 0 Å². The van der Waals surface area contributed by atoms with Crippen molar-refractivity contribution in [3.8, 4) is 5.75 Å². The Morgan fingerprint density at radius 2 is 1.97 bits per heavy atom. The Bertz CT molecular complexity index is 1300. The van der Waals surface area contributed by atoms with Gasteiger partial charge >= 0.3 is 0 Å². The molecule has 0 aliphatic heterocycles. The highest BCUT2D eigenvalue weighted by Gasteiger charge is 2.10. The highest BCUT2D eigenvalue weighted by molar-refractivity contribution is 7.71. The van der Waals surface area contributed by atoms with Crippen molar-refractivity contribution in [2.45, 2.75) is 6.42 Å². The third-order valence-corrected chi connectivity index (χ3v) is 4.73. The van der Waals surface area contributed by atoms with Gasteiger partial charge in [-0.1, -0.05) is 54.3 Å². The lowest BCUT2D eigenvalue weighted by Gasteiger charge is -2.09. The summed E-state index contributed by atoms with van der Waals surface area (Å²) in [7, 11) is 0. The zero-order valence-electron chi connectivity index (χ0n) is 15.0. The standard InChI is InChI=1S/C20H15N5O3S/c26-18-9-8-16(25(27)28)10-15(18)12-21-24-19(22-23-20(24)29)11-14-6-3-5-13-4-1-2-7-17(13)14/h1-10,12,26H,11H2,(H,23,29)/p-1/b21-12-. The minimum atomic E-state index is -0.563. The number of H-pyrrole nitrogens is 1. The maximum atomic E-state index is 12.0. The molecule has 0 saturated heterocycles. The fourth-order valence-corrected chi connectivity index (χ4v) is 3.24. The number of nitrogens with zero attached hydrogens (tertiary/aromatic N) is 4. The number of fused-ring (bicyclic) bond motifs is 1. The summed E-state index contributed by atoms with van der Waals surface area (Å²) in [6.45, 7) is 0. The Morgan fingerprint density at radius 3 is 2.79 bits per heavy atom. The van der Waals surface area contributed by atoms with Crippen LogP contribution in [0, 0.1) is 14.9 Å². The van der Waals surface area contributed by atoms with E-state index in [-0.39, 0.29) is 21.8 Å². The molecule has 0 bridgehead atoms. The first kappa shape index (κ1) is 18.5. The van der Waals surface area contributed by atoms with Crippen molar-refractivity contribution in [2.24, 2.45) is 5.10 Å². The van der Waals surface area contributed by atoms with Crippen LogP contribution < -0.4 is 5.11 Å². The maximum Gasteiger partial charge on any atom is 0.270 e. The minimum absolute atomic E-state index is 0.0958. The maximum absolute atomic E-state index is 12.0. The SMILES string of the molecule is O=[N+]([O-])c1ccc([O-])c(/C=N\n2c(Cc3cccc4ccccc34)n[nH]c2=S)c1. The largest absolute Gasteiger partial charge is 0.872 e. The number of hydrogen-bond donors (Lipinski definition) is 1. The number of nitro benzene ring substituents is 1. The lowest BCUT2D eigenvalue weighted by atomic mass is 10.0. The van der Waals surface area contributed by atoms with Crippen LogP contribution in [0.15, 0.2) is 65.8 Å². The van der Waals surface area contributed by atoms with E-state index in [2.05, 4.69) is 15.3 Å². The Hall–Kier alpha value is -3.85. The van der Waals surface area contributed by atoms with Crippen LogP contribution in [-0.4, -0.2) is 26.0 Å². The average Bonchev–Trinajstić information content (AvgIpc) is 3.07. The first-order valence-corrected chi connectivity index (χ1v) is 9.06. The Balaban J connectivity index is 1.70. The first-order valence-electron chi connectivity index (χ1n) is 8.65. The predicted octanol–water partition coefficient (Wildman–Crippen LogP) is 3.55. The third-order valence-electron chi connectivity index (χ3n) is 4.46. The fraction of sp³-hybridized carbons (Fsp3) is 0.0500. The average molecular weight is 404 g/mol. The van der Waals surface area contributed by atoms with Crippen LogP contribution in [0.1, 0.15) is 17.0 Å². The van der Waals surface area contributed by atoms with Crippen LogP contribution in [0.5, 0.6) is 5.75 Å². The Kier molecular flexibility index (Phi) is 4.88. The molecule has 8 nitrogen and oxygen atoms in total. The quantitative estimate of drug-likeness (QED) is 0.237. The molecule has 1 heterocycles. The van der Waals surface area contributed by atoms with Gasteiger partial charge in [0.2, 0.25) is 4.77 Å². The molecule has 0 spiro atoms. The topological polar surface area (TPSA) is 112 Å². The third kappa shape index (κ3) is 3.76. The number of non-ortho nitro benzene ring substituents is 1. The number of nitro groups is 1. The van der Waals surface area contributed by atoms with Gasteiger partial charge in [0.15, 0.2) is 5.82 Å². The number of nitrogens with one attached hydrogen (secondary N) is 1. The molecule has 4 rings (SSSR count). The molecule has 4 aromatic rings. The molecule has 29 heavy (non-hydrogen) atoms. The Labute approximate surface area is 169 Å². The van der Waals surface area contributed by atoms with Crippen molar-refractivity contribution in [1.82, 2.24) is 14.9 Å². The van der Waals surface area contributed by atoms with E-state index in [4.69, 9.17) is 12.2 Å². The molecule has 1 N–H and O–H groups in total. The van der Waals surface area contributed by atoms with Gasteiger partial charge in [-0.2, -0.15) is 14.9 Å². The molecule has 0 atom stereocenters. The van der Waals surface area contributed by atoms with Crippen molar-refractivity contribution in [3.63, 3.8) is 0 Å². The van der Waals surface area contributed by atoms with Gasteiger partial charge in [-0.05, 0) is 34.1 Å². The smallest absolute Gasteiger partial charge is 0.270 e. The first-order chi connectivity index (χ1) is 14.0. The van der Waals surface area contributed by atoms with Crippen molar-refractivity contribution < 1.29 is 10.0 Å². The molecule has 1 aromatic heterocycles. The summed E-state index contributed by atoms with van der Waals surface area (Å²) < 4.78 is 1.67. The summed E-state index contributed by atoms with van der Waals surface area (Å²) in [5, 5.41) is 36.3. The van der Waals surface area contributed by atoms with Gasteiger partial charge in [0.05, 0.1) is 11.1 Å². The summed E-state index contributed by atoms with van der Waals surface area (Å²) in [6, 6.07) is 17.5. The van der Waals surface area contributed by atoms with E-state index >= 15 is 0 Å². The zero-order valence-corrected chi connectivity index (χ0v) is 15.8. The van der Waals surface area contributed by atoms with Gasteiger partial charge in [0.25, 0.3) is 5.69 Å². The monoisotopic (exact) mass is 404 g/mol. The van der Waals surface area contributed by atoms with Crippen LogP contribution in [0.25, 0.3) is 10.8 Å². The second kappa shape index (κ2) is 7.64. The second-order valence-corrected chi connectivity index (χ2v) is 6.68. The lowest BCUT2D eigenvalue weighted by Crippen LogP contribution is -2.03. The summed E-state index contributed by atoms with van der Waals surface area (Å²) in [4.78, 5) is 10.4. The number of rotatable bonds is 5. The molecule has 0 saturated carbocycles. The highest BCUT2D eigenvalue weighted by Crippen LogP contribution is 2.22. The van der Waals surface area contributed by atoms with E-state index < -0.39 is 4.92 Å². The van der Waals surface area contributed by atoms with Crippen molar-refractivity contribution >= 4 is 34.9 Å². The Morgan fingerprint density at radius 1 is 1.17 bits per heavy atom. The van der Waals surface area contributed by atoms with Crippen LogP contribution in [0.2, 0.25) is 0 Å². The number of aromatic amines is 1. The second-order valence-electron chi connectivity index (χ2n) is 6.30. The van der Waals surface area contributed by atoms with Gasteiger partial charge in [-0.25, -0.2) is 0 Å². The van der Waals surface area contributed by atoms with Gasteiger partial charge < -0.3 is 5.11 Å². The van der Waals surface area contributed by atoms with E-state index in [1.807, 2.05) is 42.5 Å². The molecule has 0 aliphatic rings. The van der Waals surface area contributed by atoms with Crippen LogP contribution in [-0.2, 0) is 6.42 Å². The molecular weight excluding hydrogens is 390 g/mol. The van der Waals surface area contributed by atoms with Crippen molar-refractivity contribution in [1.29, 1.82) is 0 Å². The zero-order chi connectivity index (χ0) is 20.4. The van der Waals surface area contributed by atoms with Crippen molar-refractivity contribution in [3.05, 3.63) is 92.5 Å². The molecule has 0 fully saturated rings. The summed E-state index contributed by atoms with van der Waals surface area (Å²) >= 11 is 5.25.